The highest BCUT2D eigenvalue weighted by atomic mass is 15.3. The molecule has 8 nitrogen and oxygen atoms in total. The van der Waals surface area contributed by atoms with Crippen LogP contribution in [0.2, 0.25) is 0 Å². The van der Waals surface area contributed by atoms with Gasteiger partial charge in [0.05, 0.1) is 0 Å². The molecule has 2 aromatic heterocycles. The normalized spacial score (nSPS) is 17.1. The minimum absolute atomic E-state index is 0.391. The third-order valence-electron chi connectivity index (χ3n) is 4.02. The molecule has 0 aliphatic carbocycles. The smallest absolute Gasteiger partial charge is 0.134 e. The van der Waals surface area contributed by atoms with Crippen molar-refractivity contribution in [3.05, 3.63) is 24.8 Å². The van der Waals surface area contributed by atoms with Crippen molar-refractivity contribution in [3.8, 4) is 0 Å². The molecule has 2 aromatic rings. The molecular formula is C15H22N8. The van der Waals surface area contributed by atoms with Gasteiger partial charge in [-0.15, -0.1) is 0 Å². The molecule has 3 heterocycles. The van der Waals surface area contributed by atoms with Crippen LogP contribution in [-0.4, -0.2) is 53.2 Å². The third-order valence-corrected chi connectivity index (χ3v) is 4.02. The first-order valence-corrected chi connectivity index (χ1v) is 7.80. The maximum atomic E-state index is 4.41. The summed E-state index contributed by atoms with van der Waals surface area (Å²) in [5.74, 6) is 3.44. The SMILES string of the molecule is CNc1cc(NCC2CCCN2c2cc(NC)ncn2)ncn1. The van der Waals surface area contributed by atoms with E-state index >= 15 is 0 Å². The molecule has 122 valence electrons. The van der Waals surface area contributed by atoms with Gasteiger partial charge in [0.1, 0.15) is 35.9 Å². The zero-order valence-corrected chi connectivity index (χ0v) is 13.5. The molecular weight excluding hydrogens is 292 g/mol. The van der Waals surface area contributed by atoms with Crippen LogP contribution in [-0.2, 0) is 0 Å². The van der Waals surface area contributed by atoms with Crippen molar-refractivity contribution >= 4 is 23.3 Å². The molecule has 8 heteroatoms. The lowest BCUT2D eigenvalue weighted by Crippen LogP contribution is -2.35. The lowest BCUT2D eigenvalue weighted by atomic mass is 10.2. The number of nitrogens with one attached hydrogen (secondary N) is 3. The Morgan fingerprint density at radius 1 is 1.00 bits per heavy atom. The summed E-state index contributed by atoms with van der Waals surface area (Å²) in [5, 5.41) is 9.47. The van der Waals surface area contributed by atoms with Crippen molar-refractivity contribution in [1.29, 1.82) is 0 Å². The molecule has 1 aliphatic heterocycles. The molecule has 0 bridgehead atoms. The predicted octanol–water partition coefficient (Wildman–Crippen LogP) is 1.43. The number of rotatable bonds is 6. The summed E-state index contributed by atoms with van der Waals surface area (Å²) in [7, 11) is 3.71. The van der Waals surface area contributed by atoms with E-state index in [1.54, 1.807) is 12.7 Å². The monoisotopic (exact) mass is 314 g/mol. The quantitative estimate of drug-likeness (QED) is 0.738. The van der Waals surface area contributed by atoms with Gasteiger partial charge in [0, 0.05) is 45.4 Å². The van der Waals surface area contributed by atoms with Crippen LogP contribution in [0.4, 0.5) is 23.3 Å². The van der Waals surface area contributed by atoms with Gasteiger partial charge in [0.15, 0.2) is 0 Å². The predicted molar refractivity (Wildman–Crippen MR) is 92.0 cm³/mol. The maximum Gasteiger partial charge on any atom is 0.134 e. The Bertz CT molecular complexity index is 647. The zero-order valence-electron chi connectivity index (χ0n) is 13.5. The molecule has 0 aromatic carbocycles. The Morgan fingerprint density at radius 2 is 1.70 bits per heavy atom. The highest BCUT2D eigenvalue weighted by Crippen LogP contribution is 2.25. The lowest BCUT2D eigenvalue weighted by Gasteiger charge is -2.26. The number of anilines is 4. The van der Waals surface area contributed by atoms with Gasteiger partial charge in [0.25, 0.3) is 0 Å². The molecule has 1 saturated heterocycles. The standard InChI is InChI=1S/C15H22N8/c1-16-12-6-14(21-9-19-12)18-8-11-4-3-5-23(11)15-7-13(17-2)20-10-22-15/h6-7,9-11H,3-5,8H2,1-2H3,(H,17,20,22)(H2,16,18,19,21). The molecule has 1 unspecified atom stereocenters. The van der Waals surface area contributed by atoms with Gasteiger partial charge >= 0.3 is 0 Å². The lowest BCUT2D eigenvalue weighted by molar-refractivity contribution is 0.688. The molecule has 3 N–H and O–H groups in total. The summed E-state index contributed by atoms with van der Waals surface area (Å²) in [4.78, 5) is 19.3. The van der Waals surface area contributed by atoms with Crippen LogP contribution in [0, 0.1) is 0 Å². The summed E-state index contributed by atoms with van der Waals surface area (Å²) >= 11 is 0. The van der Waals surface area contributed by atoms with E-state index in [0.29, 0.717) is 6.04 Å². The van der Waals surface area contributed by atoms with Crippen molar-refractivity contribution in [1.82, 2.24) is 19.9 Å². The first-order valence-electron chi connectivity index (χ1n) is 7.80. The van der Waals surface area contributed by atoms with E-state index in [0.717, 1.165) is 49.2 Å². The van der Waals surface area contributed by atoms with Gasteiger partial charge in [-0.3, -0.25) is 0 Å². The molecule has 0 saturated carbocycles. The van der Waals surface area contributed by atoms with Gasteiger partial charge < -0.3 is 20.9 Å². The highest BCUT2D eigenvalue weighted by Gasteiger charge is 2.25. The van der Waals surface area contributed by atoms with Crippen molar-refractivity contribution in [3.63, 3.8) is 0 Å². The van der Waals surface area contributed by atoms with Crippen LogP contribution in [0.5, 0.6) is 0 Å². The van der Waals surface area contributed by atoms with Crippen LogP contribution in [0.1, 0.15) is 12.8 Å². The van der Waals surface area contributed by atoms with E-state index in [1.807, 2.05) is 26.2 Å². The average Bonchev–Trinajstić information content (AvgIpc) is 3.09. The molecule has 3 rings (SSSR count). The molecule has 0 radical (unpaired) electrons. The molecule has 0 amide bonds. The Balaban J connectivity index is 1.66. The third kappa shape index (κ3) is 3.58. The fourth-order valence-electron chi connectivity index (χ4n) is 2.80. The largest absolute Gasteiger partial charge is 0.373 e. The zero-order chi connectivity index (χ0) is 16.1. The molecule has 0 spiro atoms. The first-order chi connectivity index (χ1) is 11.3. The van der Waals surface area contributed by atoms with Gasteiger partial charge in [-0.05, 0) is 12.8 Å². The number of hydrogen-bond acceptors (Lipinski definition) is 8. The Morgan fingerprint density at radius 3 is 2.48 bits per heavy atom. The Kier molecular flexibility index (Phi) is 4.70. The maximum absolute atomic E-state index is 4.41. The summed E-state index contributed by atoms with van der Waals surface area (Å²) in [6.45, 7) is 1.83. The van der Waals surface area contributed by atoms with E-state index in [-0.39, 0.29) is 0 Å². The molecule has 1 aliphatic rings. The van der Waals surface area contributed by atoms with Crippen LogP contribution in [0.15, 0.2) is 24.8 Å². The van der Waals surface area contributed by atoms with E-state index in [2.05, 4.69) is 40.8 Å². The second kappa shape index (κ2) is 7.08. The van der Waals surface area contributed by atoms with Crippen LogP contribution in [0.25, 0.3) is 0 Å². The summed E-state index contributed by atoms with van der Waals surface area (Å²) in [6.07, 6.45) is 5.46. The van der Waals surface area contributed by atoms with Gasteiger partial charge in [0.2, 0.25) is 0 Å². The topological polar surface area (TPSA) is 90.9 Å². The minimum atomic E-state index is 0.391. The second-order valence-electron chi connectivity index (χ2n) is 5.42. The van der Waals surface area contributed by atoms with E-state index in [1.165, 1.54) is 0 Å². The van der Waals surface area contributed by atoms with Crippen LogP contribution in [0.3, 0.4) is 0 Å². The molecule has 1 fully saturated rings. The van der Waals surface area contributed by atoms with Gasteiger partial charge in [-0.25, -0.2) is 19.9 Å². The fraction of sp³-hybridized carbons (Fsp3) is 0.467. The van der Waals surface area contributed by atoms with Crippen molar-refractivity contribution in [2.24, 2.45) is 0 Å². The van der Waals surface area contributed by atoms with Gasteiger partial charge in [-0.2, -0.15) is 0 Å². The van der Waals surface area contributed by atoms with Crippen LogP contribution < -0.4 is 20.9 Å². The Labute approximate surface area is 135 Å². The minimum Gasteiger partial charge on any atom is -0.373 e. The Hall–Kier alpha value is -2.64. The fourth-order valence-corrected chi connectivity index (χ4v) is 2.80. The first kappa shape index (κ1) is 15.3. The number of aromatic nitrogens is 4. The summed E-state index contributed by atoms with van der Waals surface area (Å²) < 4.78 is 0. The van der Waals surface area contributed by atoms with Crippen LogP contribution >= 0.6 is 0 Å². The van der Waals surface area contributed by atoms with E-state index in [9.17, 15) is 0 Å². The summed E-state index contributed by atoms with van der Waals surface area (Å²) in [5.41, 5.74) is 0. The van der Waals surface area contributed by atoms with Crippen molar-refractivity contribution in [2.75, 3.05) is 48.0 Å². The second-order valence-corrected chi connectivity index (χ2v) is 5.42. The van der Waals surface area contributed by atoms with Crippen molar-refractivity contribution in [2.45, 2.75) is 18.9 Å². The number of nitrogens with zero attached hydrogens (tertiary/aromatic N) is 5. The summed E-state index contributed by atoms with van der Waals surface area (Å²) in [6, 6.07) is 4.29. The average molecular weight is 314 g/mol. The van der Waals surface area contributed by atoms with E-state index < -0.39 is 0 Å². The van der Waals surface area contributed by atoms with Gasteiger partial charge in [-0.1, -0.05) is 0 Å². The molecule has 23 heavy (non-hydrogen) atoms. The van der Waals surface area contributed by atoms with E-state index in [4.69, 9.17) is 0 Å². The molecule has 1 atom stereocenters. The highest BCUT2D eigenvalue weighted by molar-refractivity contribution is 5.50. The number of hydrogen-bond donors (Lipinski definition) is 3. The van der Waals surface area contributed by atoms with Crippen molar-refractivity contribution < 1.29 is 0 Å².